The van der Waals surface area contributed by atoms with Gasteiger partial charge in [0.1, 0.15) is 0 Å². The normalized spacial score (nSPS) is 13.5. The van der Waals surface area contributed by atoms with Gasteiger partial charge in [-0.05, 0) is 42.7 Å². The minimum absolute atomic E-state index is 0.0985. The molecule has 4 rings (SSSR count). The van der Waals surface area contributed by atoms with Gasteiger partial charge in [0.15, 0.2) is 16.7 Å². The Balaban J connectivity index is 1.44. The van der Waals surface area contributed by atoms with E-state index in [1.54, 1.807) is 24.4 Å². The van der Waals surface area contributed by atoms with Crippen molar-refractivity contribution >= 4 is 23.4 Å². The number of nitrogens with one attached hydrogen (secondary N) is 1. The number of carbonyl (C=O) groups is 1. The zero-order valence-electron chi connectivity index (χ0n) is 16.6. The van der Waals surface area contributed by atoms with Crippen molar-refractivity contribution in [2.75, 3.05) is 12.1 Å². The molecule has 6 nitrogen and oxygen atoms in total. The average Bonchev–Trinajstić information content (AvgIpc) is 3.36. The summed E-state index contributed by atoms with van der Waals surface area (Å²) in [7, 11) is 0. The van der Waals surface area contributed by atoms with Crippen molar-refractivity contribution in [3.8, 4) is 17.2 Å². The summed E-state index contributed by atoms with van der Waals surface area (Å²) in [4.78, 5) is 17.1. The Morgan fingerprint density at radius 3 is 2.62 bits per heavy atom. The highest BCUT2D eigenvalue weighted by molar-refractivity contribution is 8.00. The molecule has 0 bridgehead atoms. The van der Waals surface area contributed by atoms with Crippen molar-refractivity contribution < 1.29 is 14.3 Å². The van der Waals surface area contributed by atoms with E-state index < -0.39 is 0 Å². The molecule has 2 aromatic carbocycles. The number of imidazole rings is 1. The summed E-state index contributed by atoms with van der Waals surface area (Å²) in [5.41, 5.74) is 3.00. The van der Waals surface area contributed by atoms with E-state index in [0.29, 0.717) is 23.1 Å². The fourth-order valence-corrected chi connectivity index (χ4v) is 3.91. The molecule has 0 saturated heterocycles. The van der Waals surface area contributed by atoms with Crippen LogP contribution in [0.3, 0.4) is 0 Å². The number of thioether (sulfide) groups is 1. The van der Waals surface area contributed by atoms with Crippen molar-refractivity contribution in [3.05, 3.63) is 60.4 Å². The highest BCUT2D eigenvalue weighted by atomic mass is 32.2. The lowest BCUT2D eigenvalue weighted by Crippen LogP contribution is -2.22. The van der Waals surface area contributed by atoms with E-state index in [9.17, 15) is 4.79 Å². The number of benzene rings is 2. The van der Waals surface area contributed by atoms with Crippen LogP contribution in [0.25, 0.3) is 5.69 Å². The lowest BCUT2D eigenvalue weighted by molar-refractivity contribution is -0.115. The first kappa shape index (κ1) is 19.4. The van der Waals surface area contributed by atoms with Crippen LogP contribution in [0.4, 0.5) is 5.69 Å². The number of fused-ring (bicyclic) bond motifs is 1. The lowest BCUT2D eigenvalue weighted by Gasteiger charge is -2.14. The van der Waals surface area contributed by atoms with E-state index in [0.717, 1.165) is 10.8 Å². The van der Waals surface area contributed by atoms with Crippen molar-refractivity contribution in [1.29, 1.82) is 0 Å². The fraction of sp³-hybridized carbons (Fsp3) is 0.273. The second-order valence-electron chi connectivity index (χ2n) is 7.14. The number of ether oxygens (including phenoxy) is 2. The van der Waals surface area contributed by atoms with Crippen LogP contribution >= 0.6 is 11.8 Å². The van der Waals surface area contributed by atoms with Crippen molar-refractivity contribution in [2.45, 2.75) is 37.1 Å². The van der Waals surface area contributed by atoms with Gasteiger partial charge in [-0.3, -0.25) is 9.36 Å². The summed E-state index contributed by atoms with van der Waals surface area (Å²) in [6.07, 6.45) is 3.66. The number of hydrogen-bond acceptors (Lipinski definition) is 5. The summed E-state index contributed by atoms with van der Waals surface area (Å²) in [6, 6.07) is 13.8. The topological polar surface area (TPSA) is 65.4 Å². The molecule has 1 amide bonds. The summed E-state index contributed by atoms with van der Waals surface area (Å²) >= 11 is 1.42. The quantitative estimate of drug-likeness (QED) is 0.590. The van der Waals surface area contributed by atoms with Crippen LogP contribution in [0.5, 0.6) is 11.5 Å². The summed E-state index contributed by atoms with van der Waals surface area (Å²) in [5.74, 6) is 1.72. The highest BCUT2D eigenvalue weighted by Crippen LogP contribution is 2.34. The largest absolute Gasteiger partial charge is 0.454 e. The number of nitrogens with zero attached hydrogens (tertiary/aromatic N) is 2. The van der Waals surface area contributed by atoms with E-state index in [-0.39, 0.29) is 18.0 Å². The number of rotatable bonds is 6. The molecule has 1 aliphatic rings. The van der Waals surface area contributed by atoms with Gasteiger partial charge in [0, 0.05) is 29.8 Å². The van der Waals surface area contributed by atoms with Gasteiger partial charge in [0.05, 0.1) is 5.25 Å². The van der Waals surface area contributed by atoms with E-state index in [1.165, 1.54) is 17.3 Å². The van der Waals surface area contributed by atoms with Gasteiger partial charge in [-0.2, -0.15) is 0 Å². The second kappa shape index (κ2) is 8.21. The van der Waals surface area contributed by atoms with Crippen LogP contribution in [0, 0.1) is 0 Å². The molecule has 7 heteroatoms. The van der Waals surface area contributed by atoms with E-state index in [2.05, 4.69) is 48.4 Å². The first-order valence-electron chi connectivity index (χ1n) is 9.52. The van der Waals surface area contributed by atoms with Crippen LogP contribution in [0.2, 0.25) is 0 Å². The van der Waals surface area contributed by atoms with Crippen molar-refractivity contribution in [1.82, 2.24) is 9.55 Å². The number of hydrogen-bond donors (Lipinski definition) is 1. The number of carbonyl (C=O) groups excluding carboxylic acids is 1. The average molecular weight is 410 g/mol. The van der Waals surface area contributed by atoms with Gasteiger partial charge >= 0.3 is 0 Å². The third-order valence-corrected chi connectivity index (χ3v) is 5.82. The predicted octanol–water partition coefficient (Wildman–Crippen LogP) is 4.84. The Hall–Kier alpha value is -2.93. The third-order valence-electron chi connectivity index (χ3n) is 4.74. The smallest absolute Gasteiger partial charge is 0.237 e. The first-order chi connectivity index (χ1) is 14.0. The van der Waals surface area contributed by atoms with Gasteiger partial charge in [-0.15, -0.1) is 0 Å². The van der Waals surface area contributed by atoms with Gasteiger partial charge in [-0.25, -0.2) is 4.98 Å². The summed E-state index contributed by atoms with van der Waals surface area (Å²) in [5, 5.41) is 3.38. The molecule has 2 heterocycles. The highest BCUT2D eigenvalue weighted by Gasteiger charge is 2.20. The molecule has 1 aliphatic heterocycles. The number of anilines is 1. The van der Waals surface area contributed by atoms with E-state index in [1.807, 2.05) is 17.7 Å². The minimum Gasteiger partial charge on any atom is -0.454 e. The zero-order valence-corrected chi connectivity index (χ0v) is 17.4. The van der Waals surface area contributed by atoms with Crippen molar-refractivity contribution in [3.63, 3.8) is 0 Å². The molecule has 150 valence electrons. The molecular weight excluding hydrogens is 386 g/mol. The van der Waals surface area contributed by atoms with Gasteiger partial charge < -0.3 is 14.8 Å². The van der Waals surface area contributed by atoms with Crippen molar-refractivity contribution in [2.24, 2.45) is 0 Å². The maximum Gasteiger partial charge on any atom is 0.237 e. The molecule has 0 spiro atoms. The molecule has 1 N–H and O–H groups in total. The summed E-state index contributed by atoms with van der Waals surface area (Å²) < 4.78 is 12.7. The van der Waals surface area contributed by atoms with Crippen LogP contribution in [-0.2, 0) is 4.79 Å². The summed E-state index contributed by atoms with van der Waals surface area (Å²) in [6.45, 7) is 6.43. The number of aromatic nitrogens is 2. The third kappa shape index (κ3) is 4.24. The molecule has 0 saturated carbocycles. The monoisotopic (exact) mass is 409 g/mol. The Labute approximate surface area is 174 Å². The molecule has 0 radical (unpaired) electrons. The molecular formula is C22H23N3O3S. The zero-order chi connectivity index (χ0) is 20.4. The Kier molecular flexibility index (Phi) is 5.49. The molecule has 0 fully saturated rings. The Bertz CT molecular complexity index is 1010. The molecule has 0 unspecified atom stereocenters. The van der Waals surface area contributed by atoms with Gasteiger partial charge in [0.25, 0.3) is 0 Å². The van der Waals surface area contributed by atoms with E-state index >= 15 is 0 Å². The molecule has 29 heavy (non-hydrogen) atoms. The second-order valence-corrected chi connectivity index (χ2v) is 8.45. The molecule has 3 aromatic rings. The van der Waals surface area contributed by atoms with Gasteiger partial charge in [0.2, 0.25) is 12.7 Å². The molecule has 1 atom stereocenters. The standard InChI is InChI=1S/C22H23N3O3S/c1-14(2)16-4-7-18(8-5-16)25-11-10-23-22(25)29-15(3)21(26)24-17-6-9-19-20(12-17)28-13-27-19/h4-12,14-15H,13H2,1-3H3,(H,24,26)/t15-/m0/s1. The van der Waals surface area contributed by atoms with Crippen LogP contribution in [-0.4, -0.2) is 27.5 Å². The fourth-order valence-electron chi connectivity index (χ4n) is 3.02. The van der Waals surface area contributed by atoms with Crippen LogP contribution in [0.15, 0.2) is 60.0 Å². The minimum atomic E-state index is -0.323. The molecule has 1 aromatic heterocycles. The maximum atomic E-state index is 12.7. The number of amides is 1. The maximum absolute atomic E-state index is 12.7. The first-order valence-corrected chi connectivity index (χ1v) is 10.4. The Morgan fingerprint density at radius 2 is 1.86 bits per heavy atom. The van der Waals surface area contributed by atoms with Crippen LogP contribution in [0.1, 0.15) is 32.3 Å². The van der Waals surface area contributed by atoms with E-state index in [4.69, 9.17) is 9.47 Å². The van der Waals surface area contributed by atoms with Gasteiger partial charge in [-0.1, -0.05) is 37.7 Å². The SMILES string of the molecule is CC(C)c1ccc(-n2ccnc2S[C@@H](C)C(=O)Nc2ccc3c(c2)OCO3)cc1. The molecule has 0 aliphatic carbocycles. The predicted molar refractivity (Wildman–Crippen MR) is 114 cm³/mol. The Morgan fingerprint density at radius 1 is 1.10 bits per heavy atom. The van der Waals surface area contributed by atoms with Crippen LogP contribution < -0.4 is 14.8 Å². The lowest BCUT2D eigenvalue weighted by atomic mass is 10.0.